The van der Waals surface area contributed by atoms with E-state index in [0.717, 1.165) is 23.0 Å². The van der Waals surface area contributed by atoms with Gasteiger partial charge in [-0.1, -0.05) is 28.9 Å². The fraction of sp³-hybridized carbons (Fsp3) is 0.250. The zero-order chi connectivity index (χ0) is 15.4. The average Bonchev–Trinajstić information content (AvgIpc) is 2.46. The Bertz CT molecular complexity index is 631. The van der Waals surface area contributed by atoms with Crippen LogP contribution >= 0.6 is 15.9 Å². The Balaban J connectivity index is 2.46. The molecule has 1 nitrogen and oxygen atoms in total. The number of nitrogens with one attached hydrogen (secondary N) is 1. The Morgan fingerprint density at radius 1 is 1.00 bits per heavy atom. The third-order valence-corrected chi connectivity index (χ3v) is 3.64. The maximum atomic E-state index is 14.1. The Kier molecular flexibility index (Phi) is 5.42. The van der Waals surface area contributed by atoms with E-state index in [-0.39, 0.29) is 0 Å². The summed E-state index contributed by atoms with van der Waals surface area (Å²) in [7, 11) is 0. The van der Waals surface area contributed by atoms with E-state index in [9.17, 15) is 13.2 Å². The minimum Gasteiger partial charge on any atom is -0.306 e. The molecule has 21 heavy (non-hydrogen) atoms. The van der Waals surface area contributed by atoms with Gasteiger partial charge in [-0.05, 0) is 48.9 Å². The second kappa shape index (κ2) is 7.09. The predicted octanol–water partition coefficient (Wildman–Crippen LogP) is 4.96. The fourth-order valence-corrected chi connectivity index (χ4v) is 2.50. The van der Waals surface area contributed by atoms with E-state index in [2.05, 4.69) is 21.2 Å². The zero-order valence-electron chi connectivity index (χ0n) is 11.5. The quantitative estimate of drug-likeness (QED) is 0.797. The van der Waals surface area contributed by atoms with E-state index >= 15 is 0 Å². The standard InChI is InChI=1S/C16H15BrF3N/c1-2-7-21-16(10-3-5-14(19)15(20)8-10)12-9-11(17)4-6-13(12)18/h3-6,8-9,16,21H,2,7H2,1H3. The van der Waals surface area contributed by atoms with Crippen molar-refractivity contribution < 1.29 is 13.2 Å². The molecule has 2 aromatic carbocycles. The van der Waals surface area contributed by atoms with Crippen molar-refractivity contribution in [3.8, 4) is 0 Å². The molecule has 0 bridgehead atoms. The van der Waals surface area contributed by atoms with Crippen LogP contribution in [0.1, 0.15) is 30.5 Å². The van der Waals surface area contributed by atoms with Crippen LogP contribution in [0.2, 0.25) is 0 Å². The van der Waals surface area contributed by atoms with Gasteiger partial charge < -0.3 is 5.32 Å². The van der Waals surface area contributed by atoms with Gasteiger partial charge in [0.2, 0.25) is 0 Å². The first-order chi connectivity index (χ1) is 10.0. The van der Waals surface area contributed by atoms with Crippen molar-refractivity contribution in [2.24, 2.45) is 0 Å². The van der Waals surface area contributed by atoms with Gasteiger partial charge in [0, 0.05) is 10.0 Å². The van der Waals surface area contributed by atoms with Crippen LogP contribution in [0.5, 0.6) is 0 Å². The molecular weight excluding hydrogens is 343 g/mol. The maximum absolute atomic E-state index is 14.1. The number of hydrogen-bond donors (Lipinski definition) is 1. The number of benzene rings is 2. The Labute approximate surface area is 130 Å². The van der Waals surface area contributed by atoms with Crippen molar-refractivity contribution in [2.45, 2.75) is 19.4 Å². The van der Waals surface area contributed by atoms with Gasteiger partial charge in [-0.15, -0.1) is 0 Å². The molecule has 0 aliphatic carbocycles. The van der Waals surface area contributed by atoms with Crippen LogP contribution in [-0.2, 0) is 0 Å². The molecular formula is C16H15BrF3N. The molecule has 0 aromatic heterocycles. The smallest absolute Gasteiger partial charge is 0.159 e. The zero-order valence-corrected chi connectivity index (χ0v) is 13.1. The van der Waals surface area contributed by atoms with E-state index in [0.29, 0.717) is 17.7 Å². The highest BCUT2D eigenvalue weighted by atomic mass is 79.9. The summed E-state index contributed by atoms with van der Waals surface area (Å²) in [6, 6.07) is 7.68. The van der Waals surface area contributed by atoms with Gasteiger partial charge in [0.1, 0.15) is 5.82 Å². The lowest BCUT2D eigenvalue weighted by molar-refractivity contribution is 0.500. The molecule has 1 N–H and O–H groups in total. The minimum atomic E-state index is -0.939. The van der Waals surface area contributed by atoms with Crippen molar-refractivity contribution in [1.29, 1.82) is 0 Å². The lowest BCUT2D eigenvalue weighted by Crippen LogP contribution is -2.24. The lowest BCUT2D eigenvalue weighted by atomic mass is 9.98. The van der Waals surface area contributed by atoms with Crippen LogP contribution in [0.15, 0.2) is 40.9 Å². The van der Waals surface area contributed by atoms with E-state index in [1.165, 1.54) is 12.1 Å². The summed E-state index contributed by atoms with van der Waals surface area (Å²) in [5, 5.41) is 3.17. The molecule has 2 aromatic rings. The first-order valence-electron chi connectivity index (χ1n) is 6.66. The number of halogens is 4. The SMILES string of the molecule is CCCNC(c1ccc(F)c(F)c1)c1cc(Br)ccc1F. The molecule has 112 valence electrons. The Morgan fingerprint density at radius 3 is 2.38 bits per heavy atom. The fourth-order valence-electron chi connectivity index (χ4n) is 2.12. The van der Waals surface area contributed by atoms with Gasteiger partial charge in [0.15, 0.2) is 11.6 Å². The monoisotopic (exact) mass is 357 g/mol. The van der Waals surface area contributed by atoms with Crippen LogP contribution < -0.4 is 5.32 Å². The van der Waals surface area contributed by atoms with E-state index in [4.69, 9.17) is 0 Å². The molecule has 0 fully saturated rings. The number of hydrogen-bond acceptors (Lipinski definition) is 1. The Hall–Kier alpha value is -1.33. The summed E-state index contributed by atoms with van der Waals surface area (Å²) in [4.78, 5) is 0. The summed E-state index contributed by atoms with van der Waals surface area (Å²) in [5.41, 5.74) is 0.878. The second-order valence-electron chi connectivity index (χ2n) is 4.73. The molecule has 0 aliphatic heterocycles. The van der Waals surface area contributed by atoms with Crippen molar-refractivity contribution in [3.63, 3.8) is 0 Å². The van der Waals surface area contributed by atoms with Crippen LogP contribution in [0.25, 0.3) is 0 Å². The molecule has 2 rings (SSSR count). The summed E-state index contributed by atoms with van der Waals surface area (Å²) in [6.07, 6.45) is 0.843. The van der Waals surface area contributed by atoms with Crippen molar-refractivity contribution in [1.82, 2.24) is 5.32 Å². The third kappa shape index (κ3) is 3.86. The van der Waals surface area contributed by atoms with Crippen LogP contribution in [0, 0.1) is 17.5 Å². The van der Waals surface area contributed by atoms with Gasteiger partial charge >= 0.3 is 0 Å². The minimum absolute atomic E-state index is 0.392. The highest BCUT2D eigenvalue weighted by Crippen LogP contribution is 2.28. The molecule has 0 radical (unpaired) electrons. The van der Waals surface area contributed by atoms with Gasteiger partial charge in [-0.2, -0.15) is 0 Å². The van der Waals surface area contributed by atoms with Crippen LogP contribution in [0.4, 0.5) is 13.2 Å². The molecule has 5 heteroatoms. The van der Waals surface area contributed by atoms with Crippen LogP contribution in [0.3, 0.4) is 0 Å². The third-order valence-electron chi connectivity index (χ3n) is 3.14. The normalized spacial score (nSPS) is 12.4. The first kappa shape index (κ1) is 16.0. The molecule has 0 saturated carbocycles. The van der Waals surface area contributed by atoms with Crippen molar-refractivity contribution in [3.05, 3.63) is 69.4 Å². The first-order valence-corrected chi connectivity index (χ1v) is 7.45. The largest absolute Gasteiger partial charge is 0.306 e. The molecule has 0 saturated heterocycles. The van der Waals surface area contributed by atoms with Gasteiger partial charge in [-0.25, -0.2) is 13.2 Å². The van der Waals surface area contributed by atoms with Crippen molar-refractivity contribution in [2.75, 3.05) is 6.54 Å². The number of rotatable bonds is 5. The van der Waals surface area contributed by atoms with E-state index < -0.39 is 23.5 Å². The van der Waals surface area contributed by atoms with Crippen molar-refractivity contribution >= 4 is 15.9 Å². The van der Waals surface area contributed by atoms with Gasteiger partial charge in [0.05, 0.1) is 6.04 Å². The topological polar surface area (TPSA) is 12.0 Å². The maximum Gasteiger partial charge on any atom is 0.159 e. The Morgan fingerprint density at radius 2 is 1.71 bits per heavy atom. The molecule has 0 aliphatic rings. The lowest BCUT2D eigenvalue weighted by Gasteiger charge is -2.20. The summed E-state index contributed by atoms with van der Waals surface area (Å²) in [6.45, 7) is 2.61. The molecule has 0 amide bonds. The molecule has 0 heterocycles. The highest BCUT2D eigenvalue weighted by Gasteiger charge is 2.19. The molecule has 1 atom stereocenters. The molecule has 1 unspecified atom stereocenters. The summed E-state index contributed by atoms with van der Waals surface area (Å²) < 4.78 is 41.3. The van der Waals surface area contributed by atoms with Gasteiger partial charge in [-0.3, -0.25) is 0 Å². The van der Waals surface area contributed by atoms with E-state index in [1.54, 1.807) is 12.1 Å². The highest BCUT2D eigenvalue weighted by molar-refractivity contribution is 9.10. The summed E-state index contributed by atoms with van der Waals surface area (Å²) in [5.74, 6) is -2.24. The molecule has 0 spiro atoms. The van der Waals surface area contributed by atoms with Crippen LogP contribution in [-0.4, -0.2) is 6.54 Å². The summed E-state index contributed by atoms with van der Waals surface area (Å²) >= 11 is 3.30. The van der Waals surface area contributed by atoms with E-state index in [1.807, 2.05) is 6.92 Å². The second-order valence-corrected chi connectivity index (χ2v) is 5.64. The average molecular weight is 358 g/mol. The van der Waals surface area contributed by atoms with Gasteiger partial charge in [0.25, 0.3) is 0 Å². The predicted molar refractivity (Wildman–Crippen MR) is 80.6 cm³/mol.